The van der Waals surface area contributed by atoms with Crippen LogP contribution >= 0.6 is 0 Å². The Morgan fingerprint density at radius 3 is 2.43 bits per heavy atom. The van der Waals surface area contributed by atoms with Crippen LogP contribution in [0, 0.1) is 5.82 Å². The van der Waals surface area contributed by atoms with E-state index in [1.807, 2.05) is 0 Å². The van der Waals surface area contributed by atoms with Gasteiger partial charge in [0.1, 0.15) is 11.6 Å². The van der Waals surface area contributed by atoms with Crippen molar-refractivity contribution in [2.75, 3.05) is 11.9 Å². The molecule has 0 aliphatic carbocycles. The van der Waals surface area contributed by atoms with Gasteiger partial charge in [0.15, 0.2) is 5.76 Å². The van der Waals surface area contributed by atoms with Crippen molar-refractivity contribution in [3.05, 3.63) is 83.9 Å². The molecule has 6 heteroatoms. The molecule has 1 heterocycles. The molecule has 0 aliphatic rings. The summed E-state index contributed by atoms with van der Waals surface area (Å²) in [5.41, 5.74) is 2.05. The number of carbonyl (C=O) groups excluding carboxylic acids is 2. The highest BCUT2D eigenvalue weighted by molar-refractivity contribution is 6.02. The Hall–Kier alpha value is -3.67. The fourth-order valence-electron chi connectivity index (χ4n) is 2.45. The standard InChI is InChI=1S/C22H18FNO4/c1-2-27-21(25)14-5-15-3-10-18(11-4-15)24-22(26)20-13-12-19(28-20)16-6-8-17(23)9-7-16/h3-14H,2H2,1H3,(H,24,26). The number of amides is 1. The van der Waals surface area contributed by atoms with Crippen LogP contribution < -0.4 is 5.32 Å². The number of benzene rings is 2. The highest BCUT2D eigenvalue weighted by Gasteiger charge is 2.12. The van der Waals surface area contributed by atoms with E-state index in [1.54, 1.807) is 61.5 Å². The third-order valence-corrected chi connectivity index (χ3v) is 3.83. The van der Waals surface area contributed by atoms with Crippen LogP contribution in [0.25, 0.3) is 17.4 Å². The Bertz CT molecular complexity index is 988. The Morgan fingerprint density at radius 2 is 1.75 bits per heavy atom. The van der Waals surface area contributed by atoms with E-state index in [2.05, 4.69) is 5.32 Å². The van der Waals surface area contributed by atoms with E-state index in [0.29, 0.717) is 23.6 Å². The summed E-state index contributed by atoms with van der Waals surface area (Å²) in [6.45, 7) is 2.06. The number of halogens is 1. The second kappa shape index (κ2) is 8.81. The number of hydrogen-bond acceptors (Lipinski definition) is 4. The first-order valence-corrected chi connectivity index (χ1v) is 8.67. The fraction of sp³-hybridized carbons (Fsp3) is 0.0909. The van der Waals surface area contributed by atoms with E-state index in [1.165, 1.54) is 18.2 Å². The minimum atomic E-state index is -0.408. The molecule has 3 rings (SSSR count). The molecule has 0 saturated heterocycles. The van der Waals surface area contributed by atoms with Gasteiger partial charge in [-0.25, -0.2) is 9.18 Å². The molecule has 28 heavy (non-hydrogen) atoms. The maximum absolute atomic E-state index is 13.0. The van der Waals surface area contributed by atoms with Crippen molar-refractivity contribution in [3.63, 3.8) is 0 Å². The predicted octanol–water partition coefficient (Wildman–Crippen LogP) is 4.91. The normalized spacial score (nSPS) is 10.8. The zero-order chi connectivity index (χ0) is 19.9. The summed E-state index contributed by atoms with van der Waals surface area (Å²) in [4.78, 5) is 23.7. The molecule has 0 atom stereocenters. The molecule has 1 amide bonds. The molecule has 0 radical (unpaired) electrons. The summed E-state index contributed by atoms with van der Waals surface area (Å²) >= 11 is 0. The van der Waals surface area contributed by atoms with Crippen molar-refractivity contribution in [2.24, 2.45) is 0 Å². The quantitative estimate of drug-likeness (QED) is 0.488. The van der Waals surface area contributed by atoms with Crippen molar-refractivity contribution in [2.45, 2.75) is 6.92 Å². The molecule has 0 saturated carbocycles. The van der Waals surface area contributed by atoms with Crippen LogP contribution in [-0.4, -0.2) is 18.5 Å². The number of nitrogens with one attached hydrogen (secondary N) is 1. The Morgan fingerprint density at radius 1 is 1.04 bits per heavy atom. The minimum Gasteiger partial charge on any atom is -0.463 e. The highest BCUT2D eigenvalue weighted by Crippen LogP contribution is 2.23. The van der Waals surface area contributed by atoms with Crippen molar-refractivity contribution >= 4 is 23.6 Å². The molecule has 0 bridgehead atoms. The van der Waals surface area contributed by atoms with Crippen molar-refractivity contribution in [1.82, 2.24) is 0 Å². The largest absolute Gasteiger partial charge is 0.463 e. The van der Waals surface area contributed by atoms with E-state index in [4.69, 9.17) is 9.15 Å². The van der Waals surface area contributed by atoms with Gasteiger partial charge in [-0.05, 0) is 67.1 Å². The molecule has 1 aromatic heterocycles. The van der Waals surface area contributed by atoms with Gasteiger partial charge < -0.3 is 14.5 Å². The SMILES string of the molecule is CCOC(=O)C=Cc1ccc(NC(=O)c2ccc(-c3ccc(F)cc3)o2)cc1. The molecule has 1 N–H and O–H groups in total. The zero-order valence-electron chi connectivity index (χ0n) is 15.1. The van der Waals surface area contributed by atoms with Crippen molar-refractivity contribution in [3.8, 4) is 11.3 Å². The second-order valence-electron chi connectivity index (χ2n) is 5.83. The molecular weight excluding hydrogens is 361 g/mol. The molecule has 2 aromatic carbocycles. The van der Waals surface area contributed by atoms with Gasteiger partial charge in [0.25, 0.3) is 5.91 Å². The maximum atomic E-state index is 13.0. The lowest BCUT2D eigenvalue weighted by Crippen LogP contribution is -2.10. The van der Waals surface area contributed by atoms with Crippen LogP contribution in [0.2, 0.25) is 0 Å². The number of hydrogen-bond donors (Lipinski definition) is 1. The number of ether oxygens (including phenoxy) is 1. The van der Waals surface area contributed by atoms with E-state index in [9.17, 15) is 14.0 Å². The lowest BCUT2D eigenvalue weighted by atomic mass is 10.2. The molecule has 0 unspecified atom stereocenters. The first-order chi connectivity index (χ1) is 13.5. The minimum absolute atomic E-state index is 0.144. The van der Waals surface area contributed by atoms with Crippen LogP contribution in [0.15, 0.2) is 71.2 Å². The van der Waals surface area contributed by atoms with Gasteiger partial charge in [0.2, 0.25) is 0 Å². The van der Waals surface area contributed by atoms with Gasteiger partial charge in [-0.2, -0.15) is 0 Å². The number of anilines is 1. The lowest BCUT2D eigenvalue weighted by Gasteiger charge is -2.04. The first-order valence-electron chi connectivity index (χ1n) is 8.67. The van der Waals surface area contributed by atoms with Gasteiger partial charge >= 0.3 is 5.97 Å². The predicted molar refractivity (Wildman–Crippen MR) is 104 cm³/mol. The summed E-state index contributed by atoms with van der Waals surface area (Å²) < 4.78 is 23.4. The van der Waals surface area contributed by atoms with Crippen LogP contribution in [0.3, 0.4) is 0 Å². The highest BCUT2D eigenvalue weighted by atomic mass is 19.1. The number of carbonyl (C=O) groups is 2. The van der Waals surface area contributed by atoms with Crippen LogP contribution in [0.1, 0.15) is 23.0 Å². The fourth-order valence-corrected chi connectivity index (χ4v) is 2.45. The Balaban J connectivity index is 1.63. The van der Waals surface area contributed by atoms with Gasteiger partial charge in [0.05, 0.1) is 6.61 Å². The summed E-state index contributed by atoms with van der Waals surface area (Å²) in [5, 5.41) is 2.74. The number of esters is 1. The summed E-state index contributed by atoms with van der Waals surface area (Å²) in [6.07, 6.45) is 2.97. The van der Waals surface area contributed by atoms with Crippen molar-refractivity contribution < 1.29 is 23.1 Å². The van der Waals surface area contributed by atoms with E-state index < -0.39 is 11.9 Å². The molecule has 0 aliphatic heterocycles. The average Bonchev–Trinajstić information content (AvgIpc) is 3.19. The monoisotopic (exact) mass is 379 g/mol. The Labute approximate surface area is 161 Å². The molecule has 3 aromatic rings. The summed E-state index contributed by atoms with van der Waals surface area (Å²) in [7, 11) is 0. The molecule has 0 fully saturated rings. The third kappa shape index (κ3) is 4.94. The van der Waals surface area contributed by atoms with Gasteiger partial charge in [0, 0.05) is 17.3 Å². The second-order valence-corrected chi connectivity index (χ2v) is 5.83. The van der Waals surface area contributed by atoms with Gasteiger partial charge in [-0.1, -0.05) is 12.1 Å². The van der Waals surface area contributed by atoms with Gasteiger partial charge in [-0.3, -0.25) is 4.79 Å². The smallest absolute Gasteiger partial charge is 0.330 e. The van der Waals surface area contributed by atoms with Crippen LogP contribution in [0.5, 0.6) is 0 Å². The lowest BCUT2D eigenvalue weighted by molar-refractivity contribution is -0.137. The van der Waals surface area contributed by atoms with E-state index in [0.717, 1.165) is 5.56 Å². The van der Waals surface area contributed by atoms with Crippen LogP contribution in [0.4, 0.5) is 10.1 Å². The molecule has 5 nitrogen and oxygen atoms in total. The molecular formula is C22H18FNO4. The number of rotatable bonds is 6. The maximum Gasteiger partial charge on any atom is 0.330 e. The van der Waals surface area contributed by atoms with E-state index >= 15 is 0 Å². The van der Waals surface area contributed by atoms with Crippen molar-refractivity contribution in [1.29, 1.82) is 0 Å². The molecule has 0 spiro atoms. The first kappa shape index (κ1) is 19.1. The average molecular weight is 379 g/mol. The molecule has 142 valence electrons. The zero-order valence-corrected chi connectivity index (χ0v) is 15.1. The van der Waals surface area contributed by atoms with Crippen LogP contribution in [-0.2, 0) is 9.53 Å². The Kier molecular flexibility index (Phi) is 6.01. The topological polar surface area (TPSA) is 68.5 Å². The third-order valence-electron chi connectivity index (χ3n) is 3.83. The number of furan rings is 1. The summed E-state index contributed by atoms with van der Waals surface area (Å²) in [6, 6.07) is 16.0. The summed E-state index contributed by atoms with van der Waals surface area (Å²) in [5.74, 6) is -0.526. The van der Waals surface area contributed by atoms with E-state index in [-0.39, 0.29) is 11.6 Å². The van der Waals surface area contributed by atoms with Gasteiger partial charge in [-0.15, -0.1) is 0 Å².